The van der Waals surface area contributed by atoms with Crippen molar-refractivity contribution in [2.24, 2.45) is 5.92 Å². The second-order valence-electron chi connectivity index (χ2n) is 8.50. The van der Waals surface area contributed by atoms with Crippen molar-refractivity contribution in [3.63, 3.8) is 0 Å². The average molecular weight is 410 g/mol. The van der Waals surface area contributed by atoms with Crippen LogP contribution < -0.4 is 5.32 Å². The average Bonchev–Trinajstić information content (AvgIpc) is 3.05. The molecule has 3 rings (SSSR count). The summed E-state index contributed by atoms with van der Waals surface area (Å²) in [6, 6.07) is 2.16. The highest BCUT2D eigenvalue weighted by molar-refractivity contribution is 7.10. The molecular weight excluding hydrogens is 382 g/mol. The summed E-state index contributed by atoms with van der Waals surface area (Å²) in [6.45, 7) is 7.26. The van der Waals surface area contributed by atoms with Crippen LogP contribution in [0.25, 0.3) is 11.3 Å². The molecule has 0 aliphatic heterocycles. The molecule has 0 amide bonds. The Bertz CT molecular complexity index is 787. The van der Waals surface area contributed by atoms with E-state index >= 15 is 0 Å². The van der Waals surface area contributed by atoms with Gasteiger partial charge in [-0.25, -0.2) is 9.97 Å². The van der Waals surface area contributed by atoms with Gasteiger partial charge in [-0.3, -0.25) is 0 Å². The smallest absolute Gasteiger partial charge is 0.131 e. The summed E-state index contributed by atoms with van der Waals surface area (Å²) in [5.41, 5.74) is 0.995. The summed E-state index contributed by atoms with van der Waals surface area (Å²) in [5, 5.41) is 27.1. The van der Waals surface area contributed by atoms with E-state index in [0.717, 1.165) is 42.6 Å². The summed E-state index contributed by atoms with van der Waals surface area (Å²) in [7, 11) is 0. The first-order chi connectivity index (χ1) is 12.5. The molecular formula is C20H28ClN3O2S. The lowest BCUT2D eigenvalue weighted by atomic mass is 9.77. The highest BCUT2D eigenvalue weighted by Gasteiger charge is 2.31. The number of aromatic nitrogens is 2. The molecule has 0 aromatic carbocycles. The second-order valence-corrected chi connectivity index (χ2v) is 9.74. The third-order valence-electron chi connectivity index (χ3n) is 5.26. The van der Waals surface area contributed by atoms with Crippen LogP contribution in [-0.4, -0.2) is 31.8 Å². The number of pyridine rings is 1. The van der Waals surface area contributed by atoms with Crippen LogP contribution in [0.3, 0.4) is 0 Å². The van der Waals surface area contributed by atoms with E-state index in [1.54, 1.807) is 20.0 Å². The molecule has 1 fully saturated rings. The molecule has 0 saturated heterocycles. The van der Waals surface area contributed by atoms with Crippen LogP contribution in [0.4, 0.5) is 5.69 Å². The number of anilines is 1. The van der Waals surface area contributed by atoms with E-state index < -0.39 is 11.2 Å². The van der Waals surface area contributed by atoms with E-state index in [2.05, 4.69) is 15.3 Å². The normalized spacial score (nSPS) is 21.3. The van der Waals surface area contributed by atoms with Gasteiger partial charge < -0.3 is 15.5 Å². The molecule has 148 valence electrons. The van der Waals surface area contributed by atoms with E-state index in [4.69, 9.17) is 11.6 Å². The van der Waals surface area contributed by atoms with Crippen molar-refractivity contribution in [3.8, 4) is 11.3 Å². The third kappa shape index (κ3) is 4.99. The van der Waals surface area contributed by atoms with Gasteiger partial charge in [-0.05, 0) is 65.4 Å². The van der Waals surface area contributed by atoms with Gasteiger partial charge in [0.1, 0.15) is 15.8 Å². The molecule has 2 aromatic rings. The van der Waals surface area contributed by atoms with Crippen molar-refractivity contribution in [2.45, 2.75) is 70.6 Å². The van der Waals surface area contributed by atoms with E-state index in [-0.39, 0.29) is 0 Å². The minimum atomic E-state index is -0.966. The van der Waals surface area contributed by atoms with Crippen molar-refractivity contribution < 1.29 is 10.2 Å². The fraction of sp³-hybridized carbons (Fsp3) is 0.600. The van der Waals surface area contributed by atoms with Gasteiger partial charge in [0.2, 0.25) is 0 Å². The fourth-order valence-electron chi connectivity index (χ4n) is 3.60. The standard InChI is InChI=1S/C20H28ClN3O2S/c1-19(2,25)12-5-7-13(8-6-12)23-15-9-17(21)22-10-14(15)16-11-27-18(24-16)20(3,4)26/h9-13,25-26H,5-8H2,1-4H3,(H,22,23). The lowest BCUT2D eigenvalue weighted by Gasteiger charge is -2.36. The minimum absolute atomic E-state index is 0.327. The fourth-order valence-corrected chi connectivity index (χ4v) is 4.60. The molecule has 3 N–H and O–H groups in total. The van der Waals surface area contributed by atoms with Crippen LogP contribution in [-0.2, 0) is 5.60 Å². The molecule has 0 spiro atoms. The Morgan fingerprint density at radius 3 is 2.37 bits per heavy atom. The van der Waals surface area contributed by atoms with Crippen molar-refractivity contribution in [3.05, 3.63) is 27.8 Å². The number of aliphatic hydroxyl groups is 2. The van der Waals surface area contributed by atoms with Crippen LogP contribution in [0.5, 0.6) is 0 Å². The molecule has 0 radical (unpaired) electrons. The van der Waals surface area contributed by atoms with Gasteiger partial charge in [0.25, 0.3) is 0 Å². The SMILES string of the molecule is CC(C)(O)c1nc(-c2cnc(Cl)cc2NC2CCC(C(C)(C)O)CC2)cs1. The van der Waals surface area contributed by atoms with Crippen LogP contribution in [0.1, 0.15) is 58.4 Å². The molecule has 1 aliphatic rings. The molecule has 7 heteroatoms. The summed E-state index contributed by atoms with van der Waals surface area (Å²) in [4.78, 5) is 8.81. The lowest BCUT2D eigenvalue weighted by molar-refractivity contribution is -0.000392. The Balaban J connectivity index is 1.79. The number of nitrogens with one attached hydrogen (secondary N) is 1. The first kappa shape index (κ1) is 20.5. The number of rotatable bonds is 5. The first-order valence-corrected chi connectivity index (χ1v) is 10.6. The van der Waals surface area contributed by atoms with Gasteiger partial charge in [0.15, 0.2) is 0 Å². The highest BCUT2D eigenvalue weighted by Crippen LogP contribution is 2.37. The Morgan fingerprint density at radius 1 is 1.15 bits per heavy atom. The van der Waals surface area contributed by atoms with Crippen molar-refractivity contribution in [1.29, 1.82) is 0 Å². The zero-order valence-corrected chi connectivity index (χ0v) is 17.9. The molecule has 1 aliphatic carbocycles. The molecule has 2 heterocycles. The Kier molecular flexibility index (Phi) is 5.82. The Labute approximate surface area is 169 Å². The van der Waals surface area contributed by atoms with E-state index in [1.807, 2.05) is 25.3 Å². The topological polar surface area (TPSA) is 78.3 Å². The van der Waals surface area contributed by atoms with Crippen LogP contribution in [0.2, 0.25) is 5.15 Å². The zero-order chi connectivity index (χ0) is 19.8. The molecule has 1 saturated carbocycles. The number of hydrogen-bond acceptors (Lipinski definition) is 6. The predicted octanol–water partition coefficient (Wildman–Crippen LogP) is 4.83. The van der Waals surface area contributed by atoms with Crippen molar-refractivity contribution >= 4 is 28.6 Å². The van der Waals surface area contributed by atoms with Gasteiger partial charge >= 0.3 is 0 Å². The summed E-state index contributed by atoms with van der Waals surface area (Å²) in [6.07, 6.45) is 5.72. The van der Waals surface area contributed by atoms with Gasteiger partial charge in [-0.2, -0.15) is 0 Å². The summed E-state index contributed by atoms with van der Waals surface area (Å²) < 4.78 is 0. The largest absolute Gasteiger partial charge is 0.390 e. The lowest BCUT2D eigenvalue weighted by Crippen LogP contribution is -2.37. The van der Waals surface area contributed by atoms with Gasteiger partial charge in [0, 0.05) is 28.9 Å². The Hall–Kier alpha value is -1.21. The molecule has 0 bridgehead atoms. The van der Waals surface area contributed by atoms with Gasteiger partial charge in [-0.15, -0.1) is 11.3 Å². The molecule has 0 unspecified atom stereocenters. The molecule has 0 atom stereocenters. The molecule has 27 heavy (non-hydrogen) atoms. The predicted molar refractivity (Wildman–Crippen MR) is 111 cm³/mol. The van der Waals surface area contributed by atoms with Crippen LogP contribution >= 0.6 is 22.9 Å². The minimum Gasteiger partial charge on any atom is -0.390 e. The van der Waals surface area contributed by atoms with Crippen molar-refractivity contribution in [2.75, 3.05) is 5.32 Å². The second kappa shape index (κ2) is 7.66. The van der Waals surface area contributed by atoms with Crippen LogP contribution in [0.15, 0.2) is 17.6 Å². The zero-order valence-electron chi connectivity index (χ0n) is 16.3. The Morgan fingerprint density at radius 2 is 1.81 bits per heavy atom. The number of thiazole rings is 1. The summed E-state index contributed by atoms with van der Waals surface area (Å²) in [5.74, 6) is 0.337. The first-order valence-electron chi connectivity index (χ1n) is 9.37. The van der Waals surface area contributed by atoms with Gasteiger partial charge in [-0.1, -0.05) is 11.6 Å². The van der Waals surface area contributed by atoms with Gasteiger partial charge in [0.05, 0.1) is 11.3 Å². The summed E-state index contributed by atoms with van der Waals surface area (Å²) >= 11 is 7.58. The number of halogens is 1. The van der Waals surface area contributed by atoms with Crippen molar-refractivity contribution in [1.82, 2.24) is 9.97 Å². The third-order valence-corrected chi connectivity index (χ3v) is 6.62. The number of hydrogen-bond donors (Lipinski definition) is 3. The van der Waals surface area contributed by atoms with Crippen LogP contribution in [0, 0.1) is 5.92 Å². The highest BCUT2D eigenvalue weighted by atomic mass is 35.5. The maximum atomic E-state index is 10.2. The maximum absolute atomic E-state index is 10.2. The quantitative estimate of drug-likeness (QED) is 0.616. The van der Waals surface area contributed by atoms with E-state index in [0.29, 0.717) is 22.1 Å². The molecule has 5 nitrogen and oxygen atoms in total. The van der Waals surface area contributed by atoms with E-state index in [1.165, 1.54) is 11.3 Å². The number of nitrogens with zero attached hydrogens (tertiary/aromatic N) is 2. The maximum Gasteiger partial charge on any atom is 0.131 e. The molecule has 2 aromatic heterocycles. The monoisotopic (exact) mass is 409 g/mol. The van der Waals surface area contributed by atoms with E-state index in [9.17, 15) is 10.2 Å².